The SMILES string of the molecule is CC1=[C][SbH][CH]=C1. The molecule has 1 aliphatic heterocycles. The van der Waals surface area contributed by atoms with Gasteiger partial charge < -0.3 is 0 Å². The summed E-state index contributed by atoms with van der Waals surface area (Å²) in [4.78, 5) is 0. The van der Waals surface area contributed by atoms with Crippen LogP contribution in [0.3, 0.4) is 0 Å². The Labute approximate surface area is 48.5 Å². The summed E-state index contributed by atoms with van der Waals surface area (Å²) in [5.41, 5.74) is 1.35. The van der Waals surface area contributed by atoms with Crippen LogP contribution in [0.4, 0.5) is 0 Å². The third kappa shape index (κ3) is 0.878. The fourth-order valence-electron chi connectivity index (χ4n) is 0.364. The Bertz CT molecular complexity index is 97.8. The molecule has 0 aliphatic carbocycles. The molecule has 0 spiro atoms. The first-order valence-electron chi connectivity index (χ1n) is 1.91. The van der Waals surface area contributed by atoms with Gasteiger partial charge in [0, 0.05) is 0 Å². The van der Waals surface area contributed by atoms with Gasteiger partial charge in [-0.3, -0.25) is 0 Å². The second-order valence-corrected chi connectivity index (χ2v) is 3.77. The number of rotatable bonds is 0. The summed E-state index contributed by atoms with van der Waals surface area (Å²) < 4.78 is 5.57. The first-order valence-corrected chi connectivity index (χ1v) is 4.99. The first kappa shape index (κ1) is 4.46. The van der Waals surface area contributed by atoms with Gasteiger partial charge in [0.2, 0.25) is 0 Å². The molecule has 0 atom stereocenters. The molecule has 1 heteroatoms. The van der Waals surface area contributed by atoms with Crippen LogP contribution in [-0.2, 0) is 0 Å². The predicted molar refractivity (Wildman–Crippen MR) is 28.7 cm³/mol. The summed E-state index contributed by atoms with van der Waals surface area (Å²) >= 11 is -0.194. The summed E-state index contributed by atoms with van der Waals surface area (Å²) in [5.74, 6) is 0. The van der Waals surface area contributed by atoms with Crippen LogP contribution in [0.2, 0.25) is 0 Å². The predicted octanol–water partition coefficient (Wildman–Crippen LogP) is 0.657. The van der Waals surface area contributed by atoms with E-state index in [0.717, 1.165) is 0 Å². The topological polar surface area (TPSA) is 0 Å². The van der Waals surface area contributed by atoms with Crippen LogP contribution in [0.15, 0.2) is 15.7 Å². The van der Waals surface area contributed by atoms with Gasteiger partial charge in [-0.25, -0.2) is 0 Å². The standard InChI is InChI=1S/C5H5.Sb.H/c1-4-5(2)3;;/h1,4H,2H3;;. The van der Waals surface area contributed by atoms with E-state index in [1.54, 1.807) is 0 Å². The van der Waals surface area contributed by atoms with Crippen molar-refractivity contribution in [2.75, 3.05) is 0 Å². The van der Waals surface area contributed by atoms with Crippen molar-refractivity contribution in [2.24, 2.45) is 0 Å². The quantitative estimate of drug-likeness (QED) is 0.489. The molecule has 0 bridgehead atoms. The molecule has 0 aromatic carbocycles. The molecule has 0 aromatic heterocycles. The van der Waals surface area contributed by atoms with Crippen LogP contribution >= 0.6 is 0 Å². The molecular weight excluding hydrogens is 182 g/mol. The molecule has 0 unspecified atom stereocenters. The molecule has 1 rings (SSSR count). The zero-order chi connectivity index (χ0) is 4.41. The fourth-order valence-corrected chi connectivity index (χ4v) is 2.44. The summed E-state index contributed by atoms with van der Waals surface area (Å²) in [7, 11) is 0. The maximum atomic E-state index is 3.30. The summed E-state index contributed by atoms with van der Waals surface area (Å²) in [6.45, 7) is 2.10. The summed E-state index contributed by atoms with van der Waals surface area (Å²) in [6, 6.07) is 0. The van der Waals surface area contributed by atoms with Gasteiger partial charge in [0.05, 0.1) is 0 Å². The van der Waals surface area contributed by atoms with E-state index in [-0.39, 0.29) is 21.6 Å². The molecule has 0 saturated carbocycles. The van der Waals surface area contributed by atoms with Gasteiger partial charge in [-0.15, -0.1) is 0 Å². The molecule has 6 heavy (non-hydrogen) atoms. The third-order valence-corrected chi connectivity index (χ3v) is 3.17. The monoisotopic (exact) mass is 187 g/mol. The Morgan fingerprint density at radius 3 is 2.83 bits per heavy atom. The van der Waals surface area contributed by atoms with Gasteiger partial charge in [0.25, 0.3) is 0 Å². The van der Waals surface area contributed by atoms with Gasteiger partial charge >= 0.3 is 48.2 Å². The van der Waals surface area contributed by atoms with Crippen LogP contribution < -0.4 is 0 Å². The van der Waals surface area contributed by atoms with E-state index >= 15 is 0 Å². The Morgan fingerprint density at radius 1 is 1.83 bits per heavy atom. The minimum atomic E-state index is -0.194. The molecule has 31 valence electrons. The number of hydrogen-bond donors (Lipinski definition) is 0. The minimum absolute atomic E-state index is 0.194. The Balaban J connectivity index is 2.68. The molecule has 0 fully saturated rings. The van der Waals surface area contributed by atoms with Gasteiger partial charge in [-0.05, 0) is 0 Å². The zero-order valence-electron chi connectivity index (χ0n) is 3.65. The molecule has 1 radical (unpaired) electrons. The Kier molecular flexibility index (Phi) is 1.37. The maximum absolute atomic E-state index is 3.30. The second-order valence-electron chi connectivity index (χ2n) is 1.29. The van der Waals surface area contributed by atoms with Gasteiger partial charge in [0.15, 0.2) is 0 Å². The van der Waals surface area contributed by atoms with Crippen LogP contribution in [0, 0.1) is 4.02 Å². The van der Waals surface area contributed by atoms with Gasteiger partial charge in [0.1, 0.15) is 0 Å². The Morgan fingerprint density at radius 2 is 2.67 bits per heavy atom. The van der Waals surface area contributed by atoms with Crippen LogP contribution in [0.5, 0.6) is 0 Å². The summed E-state index contributed by atoms with van der Waals surface area (Å²) in [5, 5.41) is 0. The average Bonchev–Trinajstić information content (AvgIpc) is 1.86. The molecule has 1 heterocycles. The molecular formula is C5H6Sb. The van der Waals surface area contributed by atoms with Crippen LogP contribution in [0.1, 0.15) is 6.92 Å². The van der Waals surface area contributed by atoms with E-state index in [4.69, 9.17) is 0 Å². The van der Waals surface area contributed by atoms with Crippen LogP contribution in [-0.4, -0.2) is 21.6 Å². The van der Waals surface area contributed by atoms with E-state index in [1.807, 2.05) is 0 Å². The van der Waals surface area contributed by atoms with Crippen LogP contribution in [0.25, 0.3) is 0 Å². The number of allylic oxidation sites excluding steroid dienone is 2. The van der Waals surface area contributed by atoms with Crippen molar-refractivity contribution in [3.05, 3.63) is 19.7 Å². The molecule has 0 saturated heterocycles. The fraction of sp³-hybridized carbons (Fsp3) is 0.200. The number of hydrogen-bond acceptors (Lipinski definition) is 0. The third-order valence-electron chi connectivity index (χ3n) is 0.686. The van der Waals surface area contributed by atoms with E-state index in [2.05, 4.69) is 21.0 Å². The van der Waals surface area contributed by atoms with Crippen molar-refractivity contribution in [1.82, 2.24) is 0 Å². The molecule has 0 aromatic rings. The van der Waals surface area contributed by atoms with E-state index in [1.165, 1.54) is 5.57 Å². The van der Waals surface area contributed by atoms with Crippen molar-refractivity contribution < 1.29 is 0 Å². The average molecular weight is 188 g/mol. The zero-order valence-corrected chi connectivity index (χ0v) is 6.51. The van der Waals surface area contributed by atoms with Gasteiger partial charge in [-0.2, -0.15) is 0 Å². The van der Waals surface area contributed by atoms with Crippen molar-refractivity contribution in [1.29, 1.82) is 0 Å². The summed E-state index contributed by atoms with van der Waals surface area (Å²) in [6.07, 6.45) is 2.16. The van der Waals surface area contributed by atoms with E-state index in [9.17, 15) is 0 Å². The van der Waals surface area contributed by atoms with E-state index < -0.39 is 0 Å². The normalized spacial score (nSPS) is 18.5. The molecule has 0 N–H and O–H groups in total. The molecule has 1 aliphatic rings. The second kappa shape index (κ2) is 1.84. The van der Waals surface area contributed by atoms with E-state index in [0.29, 0.717) is 0 Å². The Hall–Kier alpha value is 0.298. The van der Waals surface area contributed by atoms with Crippen molar-refractivity contribution >= 4 is 21.6 Å². The van der Waals surface area contributed by atoms with Gasteiger partial charge in [-0.1, -0.05) is 0 Å². The van der Waals surface area contributed by atoms with Crippen molar-refractivity contribution in [2.45, 2.75) is 6.92 Å². The van der Waals surface area contributed by atoms with Crippen molar-refractivity contribution in [3.8, 4) is 0 Å². The molecule has 0 amide bonds. The molecule has 0 nitrogen and oxygen atoms in total. The van der Waals surface area contributed by atoms with Crippen molar-refractivity contribution in [3.63, 3.8) is 0 Å². The first-order chi connectivity index (χ1) is 2.89.